The third-order valence-electron chi connectivity index (χ3n) is 2.76. The van der Waals surface area contributed by atoms with Gasteiger partial charge in [-0.2, -0.15) is 0 Å². The minimum atomic E-state index is -0.212. The van der Waals surface area contributed by atoms with Gasteiger partial charge in [-0.25, -0.2) is 0 Å². The molecule has 2 N–H and O–H groups in total. The molecule has 1 unspecified atom stereocenters. The average molecular weight is 214 g/mol. The summed E-state index contributed by atoms with van der Waals surface area (Å²) in [5, 5.41) is 0. The summed E-state index contributed by atoms with van der Waals surface area (Å²) in [6.07, 6.45) is 0.761. The van der Waals surface area contributed by atoms with Gasteiger partial charge in [-0.05, 0) is 26.8 Å². The molecule has 0 aromatic carbocycles. The number of nitrogens with zero attached hydrogens (tertiary/aromatic N) is 1. The zero-order valence-corrected chi connectivity index (χ0v) is 9.95. The second kappa shape index (κ2) is 4.94. The van der Waals surface area contributed by atoms with Crippen molar-refractivity contribution in [3.05, 3.63) is 0 Å². The first-order valence-electron chi connectivity index (χ1n) is 5.59. The van der Waals surface area contributed by atoms with Gasteiger partial charge in [-0.3, -0.25) is 4.79 Å². The van der Waals surface area contributed by atoms with Crippen LogP contribution in [0.2, 0.25) is 0 Å². The number of nitrogens with two attached hydrogens (primary N) is 1. The molecule has 0 aromatic rings. The first-order chi connectivity index (χ1) is 6.96. The summed E-state index contributed by atoms with van der Waals surface area (Å²) in [4.78, 5) is 13.9. The number of hydrogen-bond donors (Lipinski definition) is 1. The number of ether oxygens (including phenoxy) is 1. The van der Waals surface area contributed by atoms with Crippen LogP contribution in [0.1, 0.15) is 27.2 Å². The van der Waals surface area contributed by atoms with E-state index in [9.17, 15) is 4.79 Å². The number of amides is 1. The van der Waals surface area contributed by atoms with Crippen molar-refractivity contribution < 1.29 is 9.53 Å². The molecule has 0 radical (unpaired) electrons. The van der Waals surface area contributed by atoms with Crippen molar-refractivity contribution in [3.8, 4) is 0 Å². The quantitative estimate of drug-likeness (QED) is 0.749. The van der Waals surface area contributed by atoms with Crippen LogP contribution in [-0.4, -0.2) is 42.6 Å². The lowest BCUT2D eigenvalue weighted by Crippen LogP contribution is -2.52. The summed E-state index contributed by atoms with van der Waals surface area (Å²) in [6, 6.07) is 0. The summed E-state index contributed by atoms with van der Waals surface area (Å²) >= 11 is 0. The van der Waals surface area contributed by atoms with Crippen molar-refractivity contribution in [2.75, 3.05) is 26.2 Å². The minimum Gasteiger partial charge on any atom is -0.372 e. The normalized spacial score (nSPS) is 22.5. The number of carbonyl (C=O) groups excluding carboxylic acids is 1. The van der Waals surface area contributed by atoms with E-state index < -0.39 is 0 Å². The molecular weight excluding hydrogens is 192 g/mol. The summed E-state index contributed by atoms with van der Waals surface area (Å²) in [6.45, 7) is 8.56. The predicted octanol–water partition coefficient (Wildman–Crippen LogP) is 0.609. The monoisotopic (exact) mass is 214 g/mol. The molecule has 1 amide bonds. The maximum absolute atomic E-state index is 12.0. The van der Waals surface area contributed by atoms with Gasteiger partial charge in [0.2, 0.25) is 5.91 Å². The highest BCUT2D eigenvalue weighted by Gasteiger charge is 2.31. The molecule has 88 valence electrons. The maximum atomic E-state index is 12.0. The Morgan fingerprint density at radius 1 is 1.60 bits per heavy atom. The summed E-state index contributed by atoms with van der Waals surface area (Å²) < 4.78 is 5.57. The molecule has 1 aliphatic rings. The van der Waals surface area contributed by atoms with E-state index in [4.69, 9.17) is 10.5 Å². The fourth-order valence-corrected chi connectivity index (χ4v) is 1.89. The Kier molecular flexibility index (Phi) is 4.11. The fraction of sp³-hybridized carbons (Fsp3) is 0.909. The van der Waals surface area contributed by atoms with Crippen LogP contribution in [0.5, 0.6) is 0 Å². The van der Waals surface area contributed by atoms with Crippen LogP contribution in [0.3, 0.4) is 0 Å². The maximum Gasteiger partial charge on any atom is 0.225 e. The van der Waals surface area contributed by atoms with Crippen LogP contribution in [0.25, 0.3) is 0 Å². The smallest absolute Gasteiger partial charge is 0.225 e. The Balaban J connectivity index is 2.52. The van der Waals surface area contributed by atoms with Crippen molar-refractivity contribution in [2.24, 2.45) is 11.7 Å². The van der Waals surface area contributed by atoms with E-state index in [1.165, 1.54) is 0 Å². The molecule has 0 aliphatic carbocycles. The predicted molar refractivity (Wildman–Crippen MR) is 59.4 cm³/mol. The van der Waals surface area contributed by atoms with Gasteiger partial charge in [0.15, 0.2) is 0 Å². The van der Waals surface area contributed by atoms with Gasteiger partial charge in [0, 0.05) is 19.0 Å². The van der Waals surface area contributed by atoms with Gasteiger partial charge in [-0.15, -0.1) is 0 Å². The standard InChI is InChI=1S/C11H22N2O2/c1-9(4-5-12)10(14)13-6-7-15-11(2,3)8-13/h9H,4-8,12H2,1-3H3. The lowest BCUT2D eigenvalue weighted by Gasteiger charge is -2.39. The molecule has 15 heavy (non-hydrogen) atoms. The van der Waals surface area contributed by atoms with Gasteiger partial charge in [0.25, 0.3) is 0 Å². The molecule has 1 rings (SSSR count). The topological polar surface area (TPSA) is 55.6 Å². The molecule has 0 spiro atoms. The first-order valence-corrected chi connectivity index (χ1v) is 5.59. The summed E-state index contributed by atoms with van der Waals surface area (Å²) in [5.41, 5.74) is 5.24. The lowest BCUT2D eigenvalue weighted by molar-refractivity contribution is -0.149. The molecule has 0 bridgehead atoms. The van der Waals surface area contributed by atoms with Crippen molar-refractivity contribution in [1.82, 2.24) is 4.90 Å². The average Bonchev–Trinajstić information content (AvgIpc) is 2.15. The lowest BCUT2D eigenvalue weighted by atomic mass is 10.0. The fourth-order valence-electron chi connectivity index (χ4n) is 1.89. The first kappa shape index (κ1) is 12.5. The van der Waals surface area contributed by atoms with Crippen molar-refractivity contribution in [3.63, 3.8) is 0 Å². The molecule has 4 heteroatoms. The zero-order valence-electron chi connectivity index (χ0n) is 9.95. The van der Waals surface area contributed by atoms with Crippen LogP contribution in [0.15, 0.2) is 0 Å². The van der Waals surface area contributed by atoms with Gasteiger partial charge < -0.3 is 15.4 Å². The highest BCUT2D eigenvalue weighted by Crippen LogP contribution is 2.18. The largest absolute Gasteiger partial charge is 0.372 e. The molecule has 1 saturated heterocycles. The highest BCUT2D eigenvalue weighted by molar-refractivity contribution is 5.78. The van der Waals surface area contributed by atoms with E-state index >= 15 is 0 Å². The van der Waals surface area contributed by atoms with Crippen molar-refractivity contribution in [2.45, 2.75) is 32.8 Å². The zero-order chi connectivity index (χ0) is 11.5. The van der Waals surface area contributed by atoms with Crippen LogP contribution >= 0.6 is 0 Å². The molecule has 1 aliphatic heterocycles. The Labute approximate surface area is 91.8 Å². The SMILES string of the molecule is CC(CCN)C(=O)N1CCOC(C)(C)C1. The molecule has 1 fully saturated rings. The van der Waals surface area contributed by atoms with Gasteiger partial charge in [0.05, 0.1) is 12.2 Å². The van der Waals surface area contributed by atoms with Crippen molar-refractivity contribution >= 4 is 5.91 Å². The van der Waals surface area contributed by atoms with E-state index in [1.54, 1.807) is 0 Å². The van der Waals surface area contributed by atoms with E-state index in [0.29, 0.717) is 26.2 Å². The van der Waals surface area contributed by atoms with Gasteiger partial charge in [0.1, 0.15) is 0 Å². The van der Waals surface area contributed by atoms with Gasteiger partial charge in [-0.1, -0.05) is 6.92 Å². The van der Waals surface area contributed by atoms with Crippen LogP contribution in [-0.2, 0) is 9.53 Å². The Morgan fingerprint density at radius 3 is 2.80 bits per heavy atom. The summed E-state index contributed by atoms with van der Waals surface area (Å²) in [7, 11) is 0. The van der Waals surface area contributed by atoms with Crippen LogP contribution in [0, 0.1) is 5.92 Å². The second-order valence-corrected chi connectivity index (χ2v) is 4.85. The number of rotatable bonds is 3. The number of morpholine rings is 1. The molecule has 0 aromatic heterocycles. The van der Waals surface area contributed by atoms with E-state index in [1.807, 2.05) is 25.7 Å². The van der Waals surface area contributed by atoms with E-state index in [0.717, 1.165) is 6.42 Å². The number of carbonyl (C=O) groups is 1. The molecule has 1 atom stereocenters. The third-order valence-corrected chi connectivity index (χ3v) is 2.76. The Bertz CT molecular complexity index is 229. The van der Waals surface area contributed by atoms with Crippen molar-refractivity contribution in [1.29, 1.82) is 0 Å². The third kappa shape index (κ3) is 3.47. The molecule has 1 heterocycles. The second-order valence-electron chi connectivity index (χ2n) is 4.85. The van der Waals surface area contributed by atoms with Crippen LogP contribution < -0.4 is 5.73 Å². The molecule has 0 saturated carbocycles. The Morgan fingerprint density at radius 2 is 2.27 bits per heavy atom. The minimum absolute atomic E-state index is 0.0314. The Hall–Kier alpha value is -0.610. The van der Waals surface area contributed by atoms with Crippen LogP contribution in [0.4, 0.5) is 0 Å². The highest BCUT2D eigenvalue weighted by atomic mass is 16.5. The summed E-state index contributed by atoms with van der Waals surface area (Å²) in [5.74, 6) is 0.237. The molecular formula is C11H22N2O2. The number of hydrogen-bond acceptors (Lipinski definition) is 3. The van der Waals surface area contributed by atoms with E-state index in [2.05, 4.69) is 0 Å². The van der Waals surface area contributed by atoms with E-state index in [-0.39, 0.29) is 17.4 Å². The van der Waals surface area contributed by atoms with Gasteiger partial charge >= 0.3 is 0 Å². The molecule has 4 nitrogen and oxygen atoms in total.